The molecule has 2 fully saturated rings. The molecule has 6 nitrogen and oxygen atoms in total. The van der Waals surface area contributed by atoms with Crippen LogP contribution in [0.2, 0.25) is 0 Å². The smallest absolute Gasteiger partial charge is 0.255 e. The number of fused-ring (bicyclic) bond motifs is 1. The van der Waals surface area contributed by atoms with Gasteiger partial charge in [-0.3, -0.25) is 4.79 Å². The number of amides is 1. The zero-order chi connectivity index (χ0) is 20.9. The van der Waals surface area contributed by atoms with Gasteiger partial charge in [0.15, 0.2) is 5.11 Å². The molecule has 7 heteroatoms. The molecule has 1 heterocycles. The number of thiocarbonyl (C=S) groups is 1. The van der Waals surface area contributed by atoms with Crippen LogP contribution < -0.4 is 15.8 Å². The molecule has 2 aliphatic rings. The predicted molar refractivity (Wildman–Crippen MR) is 123 cm³/mol. The highest BCUT2D eigenvalue weighted by molar-refractivity contribution is 7.80. The number of likely N-dealkylation sites (tertiary alicyclic amines) is 1. The second-order valence-corrected chi connectivity index (χ2v) is 8.50. The van der Waals surface area contributed by atoms with Gasteiger partial charge in [-0.2, -0.15) is 0 Å². The molecule has 156 valence electrons. The Balaban J connectivity index is 1.43. The normalized spacial score (nSPS) is 20.7. The molecule has 4 rings (SSSR count). The molecule has 1 amide bonds. The van der Waals surface area contributed by atoms with Crippen molar-refractivity contribution in [1.82, 2.24) is 4.90 Å². The second kappa shape index (κ2) is 9.34. The lowest BCUT2D eigenvalue weighted by atomic mass is 9.78. The number of carbonyl (C=O) groups excluding carboxylic acids is 1. The molecule has 0 radical (unpaired) electrons. The molecule has 2 atom stereocenters. The second-order valence-electron chi connectivity index (χ2n) is 8.10. The fraction of sp³-hybridized carbons (Fsp3) is 0.391. The first-order chi connectivity index (χ1) is 14.6. The largest absolute Gasteiger partial charge is 0.335 e. The molecule has 0 aromatic heterocycles. The number of rotatable bonds is 4. The van der Waals surface area contributed by atoms with E-state index >= 15 is 0 Å². The Labute approximate surface area is 182 Å². The molecular formula is C23H27N4O2S+. The molecule has 1 aliphatic carbocycles. The van der Waals surface area contributed by atoms with Crippen LogP contribution in [0.25, 0.3) is 0 Å². The molecule has 30 heavy (non-hydrogen) atoms. The molecule has 1 saturated carbocycles. The minimum atomic E-state index is 0.114. The maximum absolute atomic E-state index is 13.3. The van der Waals surface area contributed by atoms with Crippen molar-refractivity contribution in [3.8, 4) is 0 Å². The van der Waals surface area contributed by atoms with Crippen molar-refractivity contribution in [3.63, 3.8) is 0 Å². The average Bonchev–Trinajstić information content (AvgIpc) is 2.78. The van der Waals surface area contributed by atoms with E-state index in [9.17, 15) is 9.70 Å². The number of anilines is 2. The topological polar surface area (TPSA) is 75.4 Å². The standard InChI is InChI=1S/C23H26N4O2S/c28-22(27-13-5-8-16-6-1-2-12-21(16)27)17-7-3-9-18(14-17)24-23(30)25-19-10-4-11-20(15-19)26-29/h3-4,7,9-11,14-16,21H,1-2,5-6,8,12-13H2,(H2,24,25,30)/p+1. The zero-order valence-corrected chi connectivity index (χ0v) is 17.7. The van der Waals surface area contributed by atoms with Crippen LogP contribution in [0.15, 0.2) is 48.5 Å². The summed E-state index contributed by atoms with van der Waals surface area (Å²) in [5, 5.41) is 8.46. The van der Waals surface area contributed by atoms with Crippen molar-refractivity contribution in [3.05, 3.63) is 59.0 Å². The maximum Gasteiger partial charge on any atom is 0.255 e. The number of nitroso groups, excluding NO2 is 1. The van der Waals surface area contributed by atoms with Gasteiger partial charge in [-0.15, -0.1) is 0 Å². The molecule has 0 bridgehead atoms. The van der Waals surface area contributed by atoms with Gasteiger partial charge in [0.05, 0.1) is 0 Å². The lowest BCUT2D eigenvalue weighted by molar-refractivity contribution is -0.379. The number of hydrogen-bond donors (Lipinski definition) is 3. The highest BCUT2D eigenvalue weighted by atomic mass is 32.1. The third-order valence-corrected chi connectivity index (χ3v) is 6.31. The monoisotopic (exact) mass is 423 g/mol. The van der Waals surface area contributed by atoms with Gasteiger partial charge in [0.1, 0.15) is 0 Å². The fourth-order valence-corrected chi connectivity index (χ4v) is 4.96. The Kier molecular flexibility index (Phi) is 6.38. The van der Waals surface area contributed by atoms with Gasteiger partial charge >= 0.3 is 0 Å². The summed E-state index contributed by atoms with van der Waals surface area (Å²) in [4.78, 5) is 26.2. The minimum absolute atomic E-state index is 0.114. The third-order valence-electron chi connectivity index (χ3n) is 6.11. The average molecular weight is 424 g/mol. The van der Waals surface area contributed by atoms with E-state index in [-0.39, 0.29) is 5.91 Å². The summed E-state index contributed by atoms with van der Waals surface area (Å²) in [5.41, 5.74) is 2.61. The first-order valence-corrected chi connectivity index (χ1v) is 11.0. The number of nitrogens with zero attached hydrogens (tertiary/aromatic N) is 1. The predicted octanol–water partition coefficient (Wildman–Crippen LogP) is 3.77. The van der Waals surface area contributed by atoms with E-state index < -0.39 is 0 Å². The summed E-state index contributed by atoms with van der Waals surface area (Å²) >= 11 is 5.39. The van der Waals surface area contributed by atoms with Gasteiger partial charge in [-0.05, 0) is 68.1 Å². The van der Waals surface area contributed by atoms with Crippen LogP contribution in [0, 0.1) is 10.8 Å². The van der Waals surface area contributed by atoms with Gasteiger partial charge in [-0.1, -0.05) is 25.0 Å². The number of hydrogen-bond acceptors (Lipinski definition) is 3. The van der Waals surface area contributed by atoms with Crippen LogP contribution in [0.5, 0.6) is 0 Å². The van der Waals surface area contributed by atoms with Crippen LogP contribution in [0.3, 0.4) is 0 Å². The van der Waals surface area contributed by atoms with Crippen molar-refractivity contribution in [2.45, 2.75) is 44.6 Å². The number of carbonyl (C=O) groups is 1. The van der Waals surface area contributed by atoms with Gasteiger partial charge in [0, 0.05) is 51.7 Å². The van der Waals surface area contributed by atoms with E-state index in [1.165, 1.54) is 25.7 Å². The molecule has 3 N–H and O–H groups in total. The summed E-state index contributed by atoms with van der Waals surface area (Å²) in [7, 11) is 0. The molecule has 2 aromatic carbocycles. The lowest BCUT2D eigenvalue weighted by Crippen LogP contribution is -2.55. The van der Waals surface area contributed by atoms with Gasteiger partial charge in [0.25, 0.3) is 11.6 Å². The van der Waals surface area contributed by atoms with Crippen LogP contribution in [0.4, 0.5) is 17.1 Å². The first kappa shape index (κ1) is 20.5. The Morgan fingerprint density at radius 1 is 0.967 bits per heavy atom. The van der Waals surface area contributed by atoms with Crippen molar-refractivity contribution in [2.75, 3.05) is 17.2 Å². The van der Waals surface area contributed by atoms with Gasteiger partial charge < -0.3 is 15.5 Å². The summed E-state index contributed by atoms with van der Waals surface area (Å²) in [6.45, 7) is 0.849. The molecule has 2 unspecified atom stereocenters. The van der Waals surface area contributed by atoms with Crippen molar-refractivity contribution in [1.29, 1.82) is 0 Å². The third kappa shape index (κ3) is 4.67. The SMILES string of the molecule is O=[NH+]c1cccc(NC(=S)Nc2cccc(C(=O)N3CCCC4CCCCC43)c2)c1. The quantitative estimate of drug-likeness (QED) is 0.653. The van der Waals surface area contributed by atoms with Crippen molar-refractivity contribution in [2.24, 2.45) is 5.92 Å². The van der Waals surface area contributed by atoms with Crippen LogP contribution >= 0.6 is 12.2 Å². The first-order valence-electron chi connectivity index (χ1n) is 10.6. The van der Waals surface area contributed by atoms with Crippen LogP contribution in [-0.4, -0.2) is 28.5 Å². The number of piperidine rings is 1. The lowest BCUT2D eigenvalue weighted by Gasteiger charge is -2.44. The Morgan fingerprint density at radius 2 is 1.67 bits per heavy atom. The van der Waals surface area contributed by atoms with E-state index in [1.807, 2.05) is 35.5 Å². The maximum atomic E-state index is 13.3. The van der Waals surface area contributed by atoms with Crippen molar-refractivity contribution >= 4 is 40.3 Å². The Bertz CT molecular complexity index is 946. The molecular weight excluding hydrogens is 396 g/mol. The van der Waals surface area contributed by atoms with Gasteiger partial charge in [0.2, 0.25) is 0 Å². The van der Waals surface area contributed by atoms with Crippen LogP contribution in [0.1, 0.15) is 48.9 Å². The molecule has 1 saturated heterocycles. The Morgan fingerprint density at radius 3 is 2.47 bits per heavy atom. The zero-order valence-electron chi connectivity index (χ0n) is 16.9. The van der Waals surface area contributed by atoms with E-state index in [0.717, 1.165) is 25.1 Å². The van der Waals surface area contributed by atoms with Crippen LogP contribution in [-0.2, 0) is 0 Å². The number of nitrogens with one attached hydrogen (secondary N) is 3. The molecule has 0 spiro atoms. The highest BCUT2D eigenvalue weighted by Gasteiger charge is 2.35. The minimum Gasteiger partial charge on any atom is -0.335 e. The fourth-order valence-electron chi connectivity index (χ4n) is 4.73. The van der Waals surface area contributed by atoms with E-state index in [1.54, 1.807) is 18.2 Å². The molecule has 2 aromatic rings. The summed E-state index contributed by atoms with van der Waals surface area (Å²) in [5.74, 6) is 0.775. The number of benzene rings is 2. The van der Waals surface area contributed by atoms with E-state index in [0.29, 0.717) is 34.0 Å². The highest BCUT2D eigenvalue weighted by Crippen LogP contribution is 2.36. The Hall–Kier alpha value is -2.80. The summed E-state index contributed by atoms with van der Waals surface area (Å²) in [6, 6.07) is 14.8. The summed E-state index contributed by atoms with van der Waals surface area (Å²) < 4.78 is 0. The van der Waals surface area contributed by atoms with Crippen molar-refractivity contribution < 1.29 is 9.97 Å². The molecule has 1 aliphatic heterocycles. The van der Waals surface area contributed by atoms with E-state index in [2.05, 4.69) is 15.5 Å². The van der Waals surface area contributed by atoms with Gasteiger partial charge in [-0.25, -0.2) is 0 Å². The summed E-state index contributed by atoms with van der Waals surface area (Å²) in [6.07, 6.45) is 7.23. The van der Waals surface area contributed by atoms with E-state index in [4.69, 9.17) is 12.2 Å².